The van der Waals surface area contributed by atoms with Crippen LogP contribution >= 0.6 is 0 Å². The van der Waals surface area contributed by atoms with Crippen molar-refractivity contribution in [1.29, 1.82) is 0 Å². The molecule has 1 heterocycles. The smallest absolute Gasteiger partial charge is 0.307 e. The summed E-state index contributed by atoms with van der Waals surface area (Å²) in [4.78, 5) is 22.1. The van der Waals surface area contributed by atoms with E-state index in [1.54, 1.807) is 0 Å². The number of hydrogen-bond acceptors (Lipinski definition) is 4. The lowest BCUT2D eigenvalue weighted by molar-refractivity contribution is -0.384. The standard InChI is InChI=1S/C14H20N4O3/c1-10-4-3-5-11(2)17(10)16-14(19)15-12-6-8-13(9-7-12)18(20)21/h6-11H,3-5H2,1-2H3,(H2,15,16,19)/t10-,11+. The van der Waals surface area contributed by atoms with E-state index in [2.05, 4.69) is 24.6 Å². The second-order valence-corrected chi connectivity index (χ2v) is 5.41. The van der Waals surface area contributed by atoms with Crippen LogP contribution in [-0.4, -0.2) is 28.0 Å². The van der Waals surface area contributed by atoms with Crippen molar-refractivity contribution in [3.05, 3.63) is 34.4 Å². The minimum absolute atomic E-state index is 0.000710. The first-order valence-corrected chi connectivity index (χ1v) is 7.08. The van der Waals surface area contributed by atoms with Crippen molar-refractivity contribution < 1.29 is 9.72 Å². The Labute approximate surface area is 123 Å². The van der Waals surface area contributed by atoms with Gasteiger partial charge in [-0.1, -0.05) is 6.42 Å². The second-order valence-electron chi connectivity index (χ2n) is 5.41. The number of rotatable bonds is 3. The number of carbonyl (C=O) groups is 1. The monoisotopic (exact) mass is 292 g/mol. The maximum atomic E-state index is 12.0. The average molecular weight is 292 g/mol. The summed E-state index contributed by atoms with van der Waals surface area (Å²) < 4.78 is 0. The van der Waals surface area contributed by atoms with Crippen LogP contribution < -0.4 is 10.7 Å². The summed E-state index contributed by atoms with van der Waals surface area (Å²) in [6.45, 7) is 4.17. The van der Waals surface area contributed by atoms with Crippen LogP contribution in [0.3, 0.4) is 0 Å². The van der Waals surface area contributed by atoms with Crippen LogP contribution in [0.25, 0.3) is 0 Å². The molecule has 2 amide bonds. The molecule has 0 bridgehead atoms. The van der Waals surface area contributed by atoms with Gasteiger partial charge in [-0.3, -0.25) is 15.5 Å². The average Bonchev–Trinajstić information content (AvgIpc) is 2.43. The molecule has 0 spiro atoms. The molecule has 114 valence electrons. The van der Waals surface area contributed by atoms with E-state index in [-0.39, 0.29) is 11.7 Å². The molecule has 1 aromatic carbocycles. The minimum Gasteiger partial charge on any atom is -0.307 e. The van der Waals surface area contributed by atoms with E-state index in [1.165, 1.54) is 30.7 Å². The summed E-state index contributed by atoms with van der Waals surface area (Å²) in [5, 5.41) is 15.2. The van der Waals surface area contributed by atoms with E-state index < -0.39 is 4.92 Å². The SMILES string of the molecule is C[C@@H]1CCC[C@H](C)N1NC(=O)Nc1ccc([N+](=O)[O-])cc1. The van der Waals surface area contributed by atoms with E-state index in [4.69, 9.17) is 0 Å². The minimum atomic E-state index is -0.471. The van der Waals surface area contributed by atoms with Gasteiger partial charge >= 0.3 is 6.03 Å². The van der Waals surface area contributed by atoms with E-state index in [1.807, 2.05) is 5.01 Å². The Kier molecular flexibility index (Phi) is 4.74. The molecule has 0 aromatic heterocycles. The Bertz CT molecular complexity index is 507. The number of nitrogens with zero attached hydrogens (tertiary/aromatic N) is 2. The highest BCUT2D eigenvalue weighted by Crippen LogP contribution is 2.20. The number of piperidine rings is 1. The third-order valence-electron chi connectivity index (χ3n) is 3.76. The molecular weight excluding hydrogens is 272 g/mol. The summed E-state index contributed by atoms with van der Waals surface area (Å²) in [5.41, 5.74) is 3.38. The Balaban J connectivity index is 1.93. The number of nitro benzene ring substituents is 1. The van der Waals surface area contributed by atoms with Gasteiger partial charge in [0.1, 0.15) is 0 Å². The number of urea groups is 1. The van der Waals surface area contributed by atoms with Gasteiger partial charge in [0.05, 0.1) is 4.92 Å². The molecule has 1 aliphatic heterocycles. The Morgan fingerprint density at radius 1 is 1.24 bits per heavy atom. The van der Waals surface area contributed by atoms with E-state index >= 15 is 0 Å². The molecule has 1 aromatic rings. The molecule has 1 saturated heterocycles. The largest absolute Gasteiger partial charge is 0.333 e. The fourth-order valence-corrected chi connectivity index (χ4v) is 2.58. The number of nitro groups is 1. The van der Waals surface area contributed by atoms with Crippen molar-refractivity contribution in [3.8, 4) is 0 Å². The quantitative estimate of drug-likeness (QED) is 0.662. The van der Waals surface area contributed by atoms with Crippen molar-refractivity contribution in [1.82, 2.24) is 10.4 Å². The lowest BCUT2D eigenvalue weighted by Crippen LogP contribution is -2.55. The first-order chi connectivity index (χ1) is 9.97. The summed E-state index contributed by atoms with van der Waals surface area (Å²) >= 11 is 0. The van der Waals surface area contributed by atoms with Crippen LogP contribution in [0.1, 0.15) is 33.1 Å². The van der Waals surface area contributed by atoms with Gasteiger partial charge < -0.3 is 5.32 Å². The number of non-ortho nitro benzene ring substituents is 1. The molecule has 21 heavy (non-hydrogen) atoms. The third kappa shape index (κ3) is 3.91. The van der Waals surface area contributed by atoms with Crippen LogP contribution in [0.4, 0.5) is 16.2 Å². The highest BCUT2D eigenvalue weighted by molar-refractivity contribution is 5.89. The van der Waals surface area contributed by atoms with E-state index in [0.717, 1.165) is 12.8 Å². The van der Waals surface area contributed by atoms with Crippen molar-refractivity contribution >= 4 is 17.4 Å². The molecule has 7 heteroatoms. The zero-order chi connectivity index (χ0) is 15.4. The fraction of sp³-hybridized carbons (Fsp3) is 0.500. The van der Waals surface area contributed by atoms with Crippen molar-refractivity contribution in [2.45, 2.75) is 45.2 Å². The molecule has 2 atom stereocenters. The predicted molar refractivity (Wildman–Crippen MR) is 79.9 cm³/mol. The molecular formula is C14H20N4O3. The van der Waals surface area contributed by atoms with Gasteiger partial charge in [-0.05, 0) is 38.8 Å². The van der Waals surface area contributed by atoms with Gasteiger partial charge in [-0.2, -0.15) is 0 Å². The summed E-state index contributed by atoms with van der Waals surface area (Å²) in [6.07, 6.45) is 3.29. The fourth-order valence-electron chi connectivity index (χ4n) is 2.58. The highest BCUT2D eigenvalue weighted by Gasteiger charge is 2.26. The molecule has 1 fully saturated rings. The first-order valence-electron chi connectivity index (χ1n) is 7.08. The normalized spacial score (nSPS) is 22.6. The Morgan fingerprint density at radius 3 is 2.33 bits per heavy atom. The molecule has 0 aliphatic carbocycles. The number of anilines is 1. The van der Waals surface area contributed by atoms with E-state index in [0.29, 0.717) is 17.8 Å². The maximum absolute atomic E-state index is 12.0. The Morgan fingerprint density at radius 2 is 1.81 bits per heavy atom. The number of benzene rings is 1. The lowest BCUT2D eigenvalue weighted by Gasteiger charge is -2.38. The molecule has 0 unspecified atom stereocenters. The second kappa shape index (κ2) is 6.53. The molecule has 0 saturated carbocycles. The number of hydrogen-bond donors (Lipinski definition) is 2. The van der Waals surface area contributed by atoms with Crippen molar-refractivity contribution in [3.63, 3.8) is 0 Å². The highest BCUT2D eigenvalue weighted by atomic mass is 16.6. The summed E-state index contributed by atoms with van der Waals surface area (Å²) in [6, 6.07) is 6.03. The van der Waals surface area contributed by atoms with Gasteiger partial charge in [-0.25, -0.2) is 9.80 Å². The zero-order valence-corrected chi connectivity index (χ0v) is 12.2. The molecule has 2 rings (SSSR count). The lowest BCUT2D eigenvalue weighted by atomic mass is 10.00. The van der Waals surface area contributed by atoms with Crippen LogP contribution in [0.5, 0.6) is 0 Å². The number of nitrogens with one attached hydrogen (secondary N) is 2. The van der Waals surface area contributed by atoms with E-state index in [9.17, 15) is 14.9 Å². The molecule has 1 aliphatic rings. The molecule has 7 nitrogen and oxygen atoms in total. The van der Waals surface area contributed by atoms with Gasteiger partial charge in [0.2, 0.25) is 0 Å². The predicted octanol–water partition coefficient (Wildman–Crippen LogP) is 2.89. The van der Waals surface area contributed by atoms with Crippen LogP contribution in [0, 0.1) is 10.1 Å². The first kappa shape index (κ1) is 15.2. The van der Waals surface area contributed by atoms with Crippen LogP contribution in [0.2, 0.25) is 0 Å². The van der Waals surface area contributed by atoms with Gasteiger partial charge in [0.25, 0.3) is 5.69 Å². The number of amides is 2. The van der Waals surface area contributed by atoms with Gasteiger partial charge in [-0.15, -0.1) is 0 Å². The summed E-state index contributed by atoms with van der Waals surface area (Å²) in [5.74, 6) is 0. The maximum Gasteiger partial charge on any atom is 0.333 e. The topological polar surface area (TPSA) is 87.5 Å². The number of hydrazine groups is 1. The molecule has 0 radical (unpaired) electrons. The van der Waals surface area contributed by atoms with Gasteiger partial charge in [0, 0.05) is 29.9 Å². The molecule has 2 N–H and O–H groups in total. The van der Waals surface area contributed by atoms with Crippen molar-refractivity contribution in [2.75, 3.05) is 5.32 Å². The van der Waals surface area contributed by atoms with Crippen LogP contribution in [0.15, 0.2) is 24.3 Å². The van der Waals surface area contributed by atoms with Crippen LogP contribution in [-0.2, 0) is 0 Å². The third-order valence-corrected chi connectivity index (χ3v) is 3.76. The van der Waals surface area contributed by atoms with Gasteiger partial charge in [0.15, 0.2) is 0 Å². The number of carbonyl (C=O) groups excluding carboxylic acids is 1. The zero-order valence-electron chi connectivity index (χ0n) is 12.2. The Hall–Kier alpha value is -2.15. The van der Waals surface area contributed by atoms with Crippen molar-refractivity contribution in [2.24, 2.45) is 0 Å². The summed E-state index contributed by atoms with van der Waals surface area (Å²) in [7, 11) is 0.